The fourth-order valence-electron chi connectivity index (χ4n) is 3.57. The van der Waals surface area contributed by atoms with Gasteiger partial charge >= 0.3 is 0 Å². The quantitative estimate of drug-likeness (QED) is 0.856. The highest BCUT2D eigenvalue weighted by Crippen LogP contribution is 2.33. The van der Waals surface area contributed by atoms with E-state index >= 15 is 0 Å². The summed E-state index contributed by atoms with van der Waals surface area (Å²) in [6, 6.07) is 8.34. The molecule has 1 aliphatic heterocycles. The van der Waals surface area contributed by atoms with E-state index in [2.05, 4.69) is 4.98 Å². The molecule has 2 fully saturated rings. The van der Waals surface area contributed by atoms with Gasteiger partial charge in [0, 0.05) is 33.1 Å². The molecule has 0 bridgehead atoms. The van der Waals surface area contributed by atoms with Crippen LogP contribution < -0.4 is 0 Å². The van der Waals surface area contributed by atoms with Crippen LogP contribution in [0.25, 0.3) is 11.0 Å². The van der Waals surface area contributed by atoms with Gasteiger partial charge in [-0.2, -0.15) is 0 Å². The molecule has 4 rings (SSSR count). The first-order chi connectivity index (χ1) is 11.5. The maximum atomic E-state index is 12.7. The van der Waals surface area contributed by atoms with Crippen molar-refractivity contribution in [3.8, 4) is 0 Å². The highest BCUT2D eigenvalue weighted by molar-refractivity contribution is 5.89. The largest absolute Gasteiger partial charge is 0.339 e. The van der Waals surface area contributed by atoms with Gasteiger partial charge in [-0.3, -0.25) is 9.59 Å². The van der Waals surface area contributed by atoms with Crippen molar-refractivity contribution in [1.82, 2.24) is 19.4 Å². The summed E-state index contributed by atoms with van der Waals surface area (Å²) in [4.78, 5) is 33.0. The molecule has 2 amide bonds. The zero-order chi connectivity index (χ0) is 16.8. The molecule has 0 N–H and O–H groups in total. The molecule has 1 aromatic carbocycles. The number of nitrogens with zero attached hydrogens (tertiary/aromatic N) is 4. The zero-order valence-electron chi connectivity index (χ0n) is 14.1. The van der Waals surface area contributed by atoms with Crippen molar-refractivity contribution in [2.45, 2.75) is 31.8 Å². The summed E-state index contributed by atoms with van der Waals surface area (Å²) in [5.41, 5.74) is 2.00. The van der Waals surface area contributed by atoms with Crippen LogP contribution in [0.4, 0.5) is 0 Å². The highest BCUT2D eigenvalue weighted by atomic mass is 16.2. The highest BCUT2D eigenvalue weighted by Gasteiger charge is 2.42. The molecule has 2 aromatic rings. The maximum Gasteiger partial charge on any atom is 0.228 e. The van der Waals surface area contributed by atoms with E-state index in [4.69, 9.17) is 0 Å². The number of carbonyl (C=O) groups excluding carboxylic acids is 2. The number of aromatic nitrogens is 2. The molecular weight excluding hydrogens is 304 g/mol. The van der Waals surface area contributed by atoms with Crippen molar-refractivity contribution >= 4 is 22.8 Å². The minimum absolute atomic E-state index is 0.0403. The Kier molecular flexibility index (Phi) is 3.55. The fourth-order valence-corrected chi connectivity index (χ4v) is 3.57. The van der Waals surface area contributed by atoms with Gasteiger partial charge in [0.05, 0.1) is 23.5 Å². The predicted molar refractivity (Wildman–Crippen MR) is 90.0 cm³/mol. The second kappa shape index (κ2) is 5.61. The van der Waals surface area contributed by atoms with Gasteiger partial charge in [-0.05, 0) is 25.0 Å². The SMILES string of the molecule is CN(Cc1nc2ccccc2n1C)C(=O)[C@@H]1CC(=O)N(C2CC2)C1. The summed E-state index contributed by atoms with van der Waals surface area (Å²) in [6.07, 6.45) is 2.52. The van der Waals surface area contributed by atoms with E-state index in [1.54, 1.807) is 11.9 Å². The Balaban J connectivity index is 1.47. The van der Waals surface area contributed by atoms with Gasteiger partial charge in [-0.15, -0.1) is 0 Å². The van der Waals surface area contributed by atoms with Crippen LogP contribution in [0.15, 0.2) is 24.3 Å². The molecule has 6 nitrogen and oxygen atoms in total. The first-order valence-corrected chi connectivity index (χ1v) is 8.49. The van der Waals surface area contributed by atoms with Gasteiger partial charge in [0.1, 0.15) is 5.82 Å². The molecule has 1 atom stereocenters. The Labute approximate surface area is 141 Å². The molecule has 0 spiro atoms. The topological polar surface area (TPSA) is 58.4 Å². The van der Waals surface area contributed by atoms with E-state index in [1.165, 1.54) is 0 Å². The number of carbonyl (C=O) groups is 2. The zero-order valence-corrected chi connectivity index (χ0v) is 14.1. The maximum absolute atomic E-state index is 12.7. The van der Waals surface area contributed by atoms with Crippen LogP contribution in [0.5, 0.6) is 0 Å². The third kappa shape index (κ3) is 2.56. The molecule has 1 saturated carbocycles. The average molecular weight is 326 g/mol. The third-order valence-corrected chi connectivity index (χ3v) is 5.13. The van der Waals surface area contributed by atoms with E-state index in [1.807, 2.05) is 40.8 Å². The van der Waals surface area contributed by atoms with Crippen molar-refractivity contribution in [2.75, 3.05) is 13.6 Å². The van der Waals surface area contributed by atoms with Gasteiger partial charge in [0.2, 0.25) is 11.8 Å². The Morgan fingerprint density at radius 3 is 2.79 bits per heavy atom. The summed E-state index contributed by atoms with van der Waals surface area (Å²) in [6.45, 7) is 1.04. The van der Waals surface area contributed by atoms with Gasteiger partial charge < -0.3 is 14.4 Å². The van der Waals surface area contributed by atoms with Crippen LogP contribution in [0.1, 0.15) is 25.1 Å². The van der Waals surface area contributed by atoms with Crippen LogP contribution in [-0.2, 0) is 23.2 Å². The Morgan fingerprint density at radius 2 is 2.08 bits per heavy atom. The lowest BCUT2D eigenvalue weighted by molar-refractivity contribution is -0.135. The number of aryl methyl sites for hydroxylation is 1. The van der Waals surface area contributed by atoms with E-state index in [0.29, 0.717) is 25.6 Å². The van der Waals surface area contributed by atoms with Gasteiger partial charge in [0.15, 0.2) is 0 Å². The molecule has 2 aliphatic rings. The second-order valence-corrected chi connectivity index (χ2v) is 6.95. The molecule has 0 radical (unpaired) electrons. The molecule has 0 unspecified atom stereocenters. The normalized spacial score (nSPS) is 20.8. The summed E-state index contributed by atoms with van der Waals surface area (Å²) in [7, 11) is 3.77. The molecule has 2 heterocycles. The van der Waals surface area contributed by atoms with Crippen LogP contribution in [-0.4, -0.2) is 50.8 Å². The van der Waals surface area contributed by atoms with E-state index in [-0.39, 0.29) is 17.7 Å². The first kappa shape index (κ1) is 15.2. The lowest BCUT2D eigenvalue weighted by atomic mass is 10.1. The van der Waals surface area contributed by atoms with E-state index in [0.717, 1.165) is 29.7 Å². The molecule has 1 aromatic heterocycles. The van der Waals surface area contributed by atoms with Crippen molar-refractivity contribution in [2.24, 2.45) is 13.0 Å². The Morgan fingerprint density at radius 1 is 1.33 bits per heavy atom. The summed E-state index contributed by atoms with van der Waals surface area (Å²) >= 11 is 0. The summed E-state index contributed by atoms with van der Waals surface area (Å²) in [5, 5.41) is 0. The number of rotatable bonds is 4. The molecular formula is C18H22N4O2. The standard InChI is InChI=1S/C18H22N4O2/c1-20(11-16-19-14-5-3-4-6-15(14)21(16)2)18(24)12-9-17(23)22(10-12)13-7-8-13/h3-6,12-13H,7-11H2,1-2H3/t12-/m1/s1. The number of fused-ring (bicyclic) bond motifs is 1. The Bertz CT molecular complexity index is 808. The monoisotopic (exact) mass is 326 g/mol. The lowest BCUT2D eigenvalue weighted by Crippen LogP contribution is -2.35. The van der Waals surface area contributed by atoms with Crippen molar-refractivity contribution in [3.05, 3.63) is 30.1 Å². The smallest absolute Gasteiger partial charge is 0.228 e. The van der Waals surface area contributed by atoms with Crippen LogP contribution in [0, 0.1) is 5.92 Å². The average Bonchev–Trinajstić information content (AvgIpc) is 3.28. The van der Waals surface area contributed by atoms with E-state index in [9.17, 15) is 9.59 Å². The minimum Gasteiger partial charge on any atom is -0.339 e. The van der Waals surface area contributed by atoms with Crippen molar-refractivity contribution in [1.29, 1.82) is 0 Å². The van der Waals surface area contributed by atoms with Crippen LogP contribution in [0.2, 0.25) is 0 Å². The molecule has 1 aliphatic carbocycles. The summed E-state index contributed by atoms with van der Waals surface area (Å²) < 4.78 is 2.02. The fraction of sp³-hybridized carbons (Fsp3) is 0.500. The third-order valence-electron chi connectivity index (χ3n) is 5.13. The Hall–Kier alpha value is -2.37. The molecule has 6 heteroatoms. The van der Waals surface area contributed by atoms with Gasteiger partial charge in [-0.1, -0.05) is 12.1 Å². The summed E-state index contributed by atoms with van der Waals surface area (Å²) in [5.74, 6) is 0.818. The number of imidazole rings is 1. The van der Waals surface area contributed by atoms with Crippen molar-refractivity contribution < 1.29 is 9.59 Å². The number of likely N-dealkylation sites (tertiary alicyclic amines) is 1. The predicted octanol–water partition coefficient (Wildman–Crippen LogP) is 1.54. The number of amides is 2. The minimum atomic E-state index is -0.210. The lowest BCUT2D eigenvalue weighted by Gasteiger charge is -2.21. The van der Waals surface area contributed by atoms with Crippen LogP contribution in [0.3, 0.4) is 0 Å². The molecule has 126 valence electrons. The molecule has 1 saturated heterocycles. The second-order valence-electron chi connectivity index (χ2n) is 6.95. The number of hydrogen-bond donors (Lipinski definition) is 0. The number of para-hydroxylation sites is 2. The molecule has 24 heavy (non-hydrogen) atoms. The van der Waals surface area contributed by atoms with Gasteiger partial charge in [-0.25, -0.2) is 4.98 Å². The van der Waals surface area contributed by atoms with Crippen molar-refractivity contribution in [3.63, 3.8) is 0 Å². The number of benzene rings is 1. The van der Waals surface area contributed by atoms with Crippen LogP contribution >= 0.6 is 0 Å². The number of hydrogen-bond acceptors (Lipinski definition) is 3. The first-order valence-electron chi connectivity index (χ1n) is 8.49. The van der Waals surface area contributed by atoms with Gasteiger partial charge in [0.25, 0.3) is 0 Å². The van der Waals surface area contributed by atoms with E-state index < -0.39 is 0 Å².